The smallest absolute Gasteiger partial charge is 1.00 e. The molecule has 0 bridgehead atoms. The van der Waals surface area contributed by atoms with Gasteiger partial charge in [0.1, 0.15) is 0 Å². The third kappa shape index (κ3) is 83.7. The first-order valence-electron chi connectivity index (χ1n) is 0. The second kappa shape index (κ2) is 102. The number of hydrogen-bond acceptors (Lipinski definition) is 0. The summed E-state index contributed by atoms with van der Waals surface area (Å²) in [7, 11) is 0. The average molecular weight is 348 g/mol. The molecule has 0 unspecified atom stereocenters. The molecular formula is Cl6FeMgMn. The monoisotopic (exact) mass is 345 g/mol. The fourth-order valence-corrected chi connectivity index (χ4v) is 0. The van der Waals surface area contributed by atoms with Gasteiger partial charge in [-0.2, -0.15) is 0 Å². The van der Waals surface area contributed by atoms with Crippen molar-refractivity contribution in [2.45, 2.75) is 0 Å². The van der Waals surface area contributed by atoms with E-state index >= 15 is 0 Å². The Morgan fingerprint density at radius 2 is 0.444 bits per heavy atom. The first-order chi connectivity index (χ1) is 0. The van der Waals surface area contributed by atoms with Crippen LogP contribution in [0.5, 0.6) is 0 Å². The van der Waals surface area contributed by atoms with Gasteiger partial charge in [-0.15, -0.1) is 0 Å². The molecule has 0 aliphatic heterocycles. The maximum Gasteiger partial charge on any atom is 2.00 e. The van der Waals surface area contributed by atoms with Gasteiger partial charge in [-0.25, -0.2) is 0 Å². The standard InChI is InChI=1S/6ClH.Fe.Mg.Mn/h6*1H;;;/q;;;;;;3*+2/p-6. The molecule has 0 aromatic carbocycles. The van der Waals surface area contributed by atoms with Crippen LogP contribution in [0.4, 0.5) is 0 Å². The Morgan fingerprint density at radius 3 is 0.444 bits per heavy atom. The van der Waals surface area contributed by atoms with Crippen LogP contribution in [0.25, 0.3) is 0 Å². The maximum absolute atomic E-state index is 0. The molecule has 0 fully saturated rings. The molecule has 0 aliphatic rings. The van der Waals surface area contributed by atoms with Gasteiger partial charge in [0.05, 0.1) is 0 Å². The average Bonchev–Trinajstić information content (AvgIpc) is 0. The van der Waals surface area contributed by atoms with Gasteiger partial charge in [0, 0.05) is 0 Å². The fourth-order valence-electron chi connectivity index (χ4n) is 0. The van der Waals surface area contributed by atoms with Crippen LogP contribution in [0.1, 0.15) is 0 Å². The van der Waals surface area contributed by atoms with Gasteiger partial charge in [-0.05, 0) is 0 Å². The molecule has 0 N–H and O–H groups in total. The van der Waals surface area contributed by atoms with Crippen molar-refractivity contribution in [1.82, 2.24) is 0 Å². The van der Waals surface area contributed by atoms with E-state index in [4.69, 9.17) is 0 Å². The van der Waals surface area contributed by atoms with E-state index in [2.05, 4.69) is 0 Å². The van der Waals surface area contributed by atoms with E-state index in [1.54, 1.807) is 0 Å². The van der Waals surface area contributed by atoms with Crippen LogP contribution in [-0.2, 0) is 34.1 Å². The Labute approximate surface area is 130 Å². The van der Waals surface area contributed by atoms with Crippen LogP contribution in [-0.4, -0.2) is 23.1 Å². The summed E-state index contributed by atoms with van der Waals surface area (Å²) in [6.07, 6.45) is 0. The molecule has 59 valence electrons. The first-order valence-corrected chi connectivity index (χ1v) is 0. The fraction of sp³-hybridized carbons (Fsp3) is 0. The summed E-state index contributed by atoms with van der Waals surface area (Å²) < 4.78 is 0. The predicted molar refractivity (Wildman–Crippen MR) is 5.75 cm³/mol. The molecule has 9 heteroatoms. The summed E-state index contributed by atoms with van der Waals surface area (Å²) in [5, 5.41) is 0. The van der Waals surface area contributed by atoms with Crippen molar-refractivity contribution in [2.24, 2.45) is 0 Å². The first kappa shape index (κ1) is 133. The van der Waals surface area contributed by atoms with Crippen LogP contribution >= 0.6 is 0 Å². The minimum Gasteiger partial charge on any atom is -1.00 e. The van der Waals surface area contributed by atoms with Crippen molar-refractivity contribution < 1.29 is 109 Å². The number of rotatable bonds is 0. The third-order valence-corrected chi connectivity index (χ3v) is 0. The molecule has 0 rings (SSSR count). The zero-order valence-electron chi connectivity index (χ0n) is 3.71. The molecule has 0 spiro atoms. The second-order valence-electron chi connectivity index (χ2n) is 0. The molecular weight excluding hydrogens is 348 g/mol. The van der Waals surface area contributed by atoms with Crippen molar-refractivity contribution in [3.8, 4) is 0 Å². The van der Waals surface area contributed by atoms with Crippen molar-refractivity contribution in [3.05, 3.63) is 0 Å². The molecule has 9 heavy (non-hydrogen) atoms. The quantitative estimate of drug-likeness (QED) is 0.382. The van der Waals surface area contributed by atoms with Crippen LogP contribution in [0.3, 0.4) is 0 Å². The Morgan fingerprint density at radius 1 is 0.444 bits per heavy atom. The largest absolute Gasteiger partial charge is 2.00 e. The topological polar surface area (TPSA) is 0 Å². The van der Waals surface area contributed by atoms with E-state index in [0.717, 1.165) is 0 Å². The van der Waals surface area contributed by atoms with Gasteiger partial charge in [0.15, 0.2) is 0 Å². The van der Waals surface area contributed by atoms with Gasteiger partial charge < -0.3 is 74.4 Å². The molecule has 0 nitrogen and oxygen atoms in total. The zero-order valence-corrected chi connectivity index (χ0v) is 11.9. The number of halogens is 6. The van der Waals surface area contributed by atoms with Gasteiger partial charge in [0.25, 0.3) is 0 Å². The summed E-state index contributed by atoms with van der Waals surface area (Å²) in [6.45, 7) is 0. The number of hydrogen-bond donors (Lipinski definition) is 0. The van der Waals surface area contributed by atoms with Crippen molar-refractivity contribution >= 4 is 23.1 Å². The summed E-state index contributed by atoms with van der Waals surface area (Å²) in [6, 6.07) is 0. The van der Waals surface area contributed by atoms with Crippen LogP contribution in [0.15, 0.2) is 0 Å². The summed E-state index contributed by atoms with van der Waals surface area (Å²) in [5.41, 5.74) is 0. The Hall–Kier alpha value is 3.55. The normalized spacial score (nSPS) is 0. The molecule has 1 radical (unpaired) electrons. The minimum atomic E-state index is 0. The van der Waals surface area contributed by atoms with Crippen LogP contribution in [0, 0.1) is 0 Å². The Bertz CT molecular complexity index is 13.0. The minimum absolute atomic E-state index is 0. The molecule has 0 aliphatic carbocycles. The van der Waals surface area contributed by atoms with E-state index in [9.17, 15) is 0 Å². The van der Waals surface area contributed by atoms with E-state index in [1.165, 1.54) is 0 Å². The molecule has 0 amide bonds. The zero-order chi connectivity index (χ0) is 0. The SMILES string of the molecule is [Cl-].[Cl-].[Cl-].[Cl-].[Cl-].[Cl-].[Fe+2].[Mg+2].[Mn+2]. The molecule has 0 aromatic heterocycles. The van der Waals surface area contributed by atoms with Gasteiger partial charge in [-0.1, -0.05) is 0 Å². The maximum atomic E-state index is 0. The molecule has 0 aromatic rings. The predicted octanol–water partition coefficient (Wildman–Crippen LogP) is -18.4. The van der Waals surface area contributed by atoms with E-state index < -0.39 is 0 Å². The van der Waals surface area contributed by atoms with Crippen molar-refractivity contribution in [1.29, 1.82) is 0 Å². The van der Waals surface area contributed by atoms with Crippen molar-refractivity contribution in [3.63, 3.8) is 0 Å². The van der Waals surface area contributed by atoms with Gasteiger partial charge in [0.2, 0.25) is 0 Å². The summed E-state index contributed by atoms with van der Waals surface area (Å²) in [4.78, 5) is 0. The summed E-state index contributed by atoms with van der Waals surface area (Å²) in [5.74, 6) is 0. The Balaban J connectivity index is 0. The van der Waals surface area contributed by atoms with Gasteiger partial charge in [-0.3, -0.25) is 0 Å². The van der Waals surface area contributed by atoms with E-state index in [1.807, 2.05) is 0 Å². The van der Waals surface area contributed by atoms with Gasteiger partial charge >= 0.3 is 57.2 Å². The molecule has 0 heterocycles. The van der Waals surface area contributed by atoms with E-state index in [-0.39, 0.29) is 132 Å². The van der Waals surface area contributed by atoms with Crippen molar-refractivity contribution in [2.75, 3.05) is 0 Å². The summed E-state index contributed by atoms with van der Waals surface area (Å²) >= 11 is 0. The third-order valence-electron chi connectivity index (χ3n) is 0. The van der Waals surface area contributed by atoms with E-state index in [0.29, 0.717) is 0 Å². The molecule has 0 saturated carbocycles. The molecule has 0 saturated heterocycles. The van der Waals surface area contributed by atoms with Crippen LogP contribution in [0.2, 0.25) is 0 Å². The molecule has 0 atom stereocenters. The Kier molecular flexibility index (Phi) is 1510. The van der Waals surface area contributed by atoms with Crippen LogP contribution < -0.4 is 74.4 Å². The second-order valence-corrected chi connectivity index (χ2v) is 0.